The number of aliphatic hydroxyl groups is 1. The van der Waals surface area contributed by atoms with E-state index in [1.165, 1.54) is 4.68 Å². The number of aromatic nitrogens is 2. The molecule has 0 saturated heterocycles. The number of hydrogen-bond donors (Lipinski definition) is 2. The molecule has 0 spiro atoms. The number of nitrogens with zero attached hydrogens (tertiary/aromatic N) is 2. The summed E-state index contributed by atoms with van der Waals surface area (Å²) in [7, 11) is 0. The predicted octanol–water partition coefficient (Wildman–Crippen LogP) is 1.42. The van der Waals surface area contributed by atoms with E-state index in [9.17, 15) is 4.79 Å². The summed E-state index contributed by atoms with van der Waals surface area (Å²) in [6.45, 7) is 5.40. The number of carbonyl (C=O) groups is 1. The first kappa shape index (κ1) is 12.7. The van der Waals surface area contributed by atoms with Gasteiger partial charge in [0.05, 0.1) is 12.3 Å². The van der Waals surface area contributed by atoms with Crippen LogP contribution in [0.25, 0.3) is 0 Å². The van der Waals surface area contributed by atoms with Gasteiger partial charge in [-0.2, -0.15) is 5.10 Å². The average molecular weight is 226 g/mol. The fraction of sp³-hybridized carbons (Fsp3) is 0.636. The van der Waals surface area contributed by atoms with E-state index >= 15 is 0 Å². The second-order valence-electron chi connectivity index (χ2n) is 3.89. The van der Waals surface area contributed by atoms with Crippen LogP contribution >= 0.6 is 0 Å². The molecular formula is C11H18N2O3. The third kappa shape index (κ3) is 2.24. The number of aryl methyl sites for hydroxylation is 1. The monoisotopic (exact) mass is 226 g/mol. The Morgan fingerprint density at radius 2 is 2.12 bits per heavy atom. The Bertz CT molecular complexity index is 385. The first-order chi connectivity index (χ1) is 7.52. The zero-order chi connectivity index (χ0) is 12.3. The van der Waals surface area contributed by atoms with Crippen molar-refractivity contribution in [3.63, 3.8) is 0 Å². The molecule has 0 fully saturated rings. The van der Waals surface area contributed by atoms with Gasteiger partial charge >= 0.3 is 5.97 Å². The van der Waals surface area contributed by atoms with Crippen molar-refractivity contribution in [2.45, 2.75) is 46.3 Å². The molecule has 16 heavy (non-hydrogen) atoms. The first-order valence-corrected chi connectivity index (χ1v) is 5.41. The van der Waals surface area contributed by atoms with Crippen molar-refractivity contribution in [3.8, 4) is 0 Å². The molecule has 2 N–H and O–H groups in total. The molecule has 1 heterocycles. The zero-order valence-electron chi connectivity index (χ0n) is 9.90. The van der Waals surface area contributed by atoms with E-state index in [4.69, 9.17) is 10.2 Å². The molecule has 0 amide bonds. The molecule has 0 aromatic carbocycles. The van der Waals surface area contributed by atoms with Gasteiger partial charge in [0, 0.05) is 11.3 Å². The van der Waals surface area contributed by atoms with Crippen molar-refractivity contribution in [2.24, 2.45) is 0 Å². The minimum absolute atomic E-state index is 0.101. The maximum atomic E-state index is 11.1. The van der Waals surface area contributed by atoms with Gasteiger partial charge < -0.3 is 10.2 Å². The number of rotatable bonds is 5. The number of aliphatic hydroxyl groups excluding tert-OH is 1. The fourth-order valence-electron chi connectivity index (χ4n) is 1.85. The van der Waals surface area contributed by atoms with Gasteiger partial charge in [-0.1, -0.05) is 13.3 Å². The van der Waals surface area contributed by atoms with Crippen LogP contribution in [0.3, 0.4) is 0 Å². The molecule has 0 bridgehead atoms. The Hall–Kier alpha value is -1.36. The Balaban J connectivity index is 3.14. The lowest BCUT2D eigenvalue weighted by Gasteiger charge is -2.13. The van der Waals surface area contributed by atoms with Crippen LogP contribution in [0.4, 0.5) is 0 Å². The molecule has 0 radical (unpaired) electrons. The van der Waals surface area contributed by atoms with Crippen LogP contribution in [-0.4, -0.2) is 26.0 Å². The van der Waals surface area contributed by atoms with Crippen LogP contribution in [0.5, 0.6) is 0 Å². The van der Waals surface area contributed by atoms with E-state index in [1.807, 2.05) is 6.92 Å². The van der Waals surface area contributed by atoms with Crippen LogP contribution < -0.4 is 0 Å². The van der Waals surface area contributed by atoms with E-state index in [-0.39, 0.29) is 6.61 Å². The van der Waals surface area contributed by atoms with E-state index < -0.39 is 12.0 Å². The zero-order valence-corrected chi connectivity index (χ0v) is 9.90. The van der Waals surface area contributed by atoms with Crippen molar-refractivity contribution in [1.29, 1.82) is 0 Å². The second kappa shape index (κ2) is 5.12. The Kier molecular flexibility index (Phi) is 4.06. The standard InChI is InChI=1S/C11H18N2O3/c1-4-5-10(11(15)16)13-8(3)9(6-14)7(2)12-13/h10,14H,4-6H2,1-3H3,(H,15,16). The fourth-order valence-corrected chi connectivity index (χ4v) is 1.85. The maximum absolute atomic E-state index is 11.1. The van der Waals surface area contributed by atoms with E-state index in [1.54, 1.807) is 13.8 Å². The van der Waals surface area contributed by atoms with Crippen LogP contribution in [-0.2, 0) is 11.4 Å². The Labute approximate surface area is 94.7 Å². The third-order valence-corrected chi connectivity index (χ3v) is 2.78. The minimum Gasteiger partial charge on any atom is -0.480 e. The number of carboxylic acids is 1. The highest BCUT2D eigenvalue weighted by Gasteiger charge is 2.23. The minimum atomic E-state index is -0.878. The molecule has 0 aliphatic rings. The van der Waals surface area contributed by atoms with Gasteiger partial charge in [0.25, 0.3) is 0 Å². The summed E-state index contributed by atoms with van der Waals surface area (Å²) in [6.07, 6.45) is 1.33. The summed E-state index contributed by atoms with van der Waals surface area (Å²) < 4.78 is 1.51. The number of carboxylic acid groups (broad SMARTS) is 1. The highest BCUT2D eigenvalue weighted by Crippen LogP contribution is 2.20. The molecule has 0 aliphatic heterocycles. The van der Waals surface area contributed by atoms with Gasteiger partial charge in [-0.05, 0) is 20.3 Å². The van der Waals surface area contributed by atoms with Gasteiger partial charge in [0.1, 0.15) is 6.04 Å². The predicted molar refractivity (Wildman–Crippen MR) is 59.2 cm³/mol. The summed E-state index contributed by atoms with van der Waals surface area (Å²) in [5.74, 6) is -0.878. The van der Waals surface area contributed by atoms with Gasteiger partial charge in [0.15, 0.2) is 0 Å². The molecule has 5 heteroatoms. The number of aliphatic carboxylic acids is 1. The van der Waals surface area contributed by atoms with Crippen LogP contribution in [0.15, 0.2) is 0 Å². The second-order valence-corrected chi connectivity index (χ2v) is 3.89. The average Bonchev–Trinajstić information content (AvgIpc) is 2.50. The third-order valence-electron chi connectivity index (χ3n) is 2.78. The van der Waals surface area contributed by atoms with Crippen molar-refractivity contribution in [3.05, 3.63) is 17.0 Å². The maximum Gasteiger partial charge on any atom is 0.328 e. The van der Waals surface area contributed by atoms with Gasteiger partial charge in [0.2, 0.25) is 0 Å². The molecule has 0 aliphatic carbocycles. The van der Waals surface area contributed by atoms with Gasteiger partial charge in [-0.15, -0.1) is 0 Å². The topological polar surface area (TPSA) is 75.3 Å². The van der Waals surface area contributed by atoms with E-state index in [0.29, 0.717) is 12.1 Å². The Morgan fingerprint density at radius 3 is 2.50 bits per heavy atom. The normalized spacial score (nSPS) is 12.8. The van der Waals surface area contributed by atoms with Gasteiger partial charge in [-0.3, -0.25) is 4.68 Å². The van der Waals surface area contributed by atoms with Crippen LogP contribution in [0.2, 0.25) is 0 Å². The highest BCUT2D eigenvalue weighted by atomic mass is 16.4. The highest BCUT2D eigenvalue weighted by molar-refractivity contribution is 5.71. The summed E-state index contributed by atoms with van der Waals surface area (Å²) in [6, 6.07) is -0.635. The van der Waals surface area contributed by atoms with E-state index in [0.717, 1.165) is 17.7 Å². The summed E-state index contributed by atoms with van der Waals surface area (Å²) >= 11 is 0. The molecule has 90 valence electrons. The van der Waals surface area contributed by atoms with Crippen molar-refractivity contribution >= 4 is 5.97 Å². The molecule has 1 atom stereocenters. The van der Waals surface area contributed by atoms with Gasteiger partial charge in [-0.25, -0.2) is 4.79 Å². The van der Waals surface area contributed by atoms with Crippen molar-refractivity contribution in [2.75, 3.05) is 0 Å². The van der Waals surface area contributed by atoms with Crippen LogP contribution in [0.1, 0.15) is 42.8 Å². The largest absolute Gasteiger partial charge is 0.480 e. The SMILES string of the molecule is CCCC(C(=O)O)n1nc(C)c(CO)c1C. The molecular weight excluding hydrogens is 208 g/mol. The molecule has 1 rings (SSSR count). The Morgan fingerprint density at radius 1 is 1.50 bits per heavy atom. The van der Waals surface area contributed by atoms with Crippen molar-refractivity contribution in [1.82, 2.24) is 9.78 Å². The smallest absolute Gasteiger partial charge is 0.328 e. The van der Waals surface area contributed by atoms with E-state index in [2.05, 4.69) is 5.10 Å². The summed E-state index contributed by atoms with van der Waals surface area (Å²) in [5.41, 5.74) is 2.16. The number of hydrogen-bond acceptors (Lipinski definition) is 3. The lowest BCUT2D eigenvalue weighted by Crippen LogP contribution is -2.21. The quantitative estimate of drug-likeness (QED) is 0.796. The lowest BCUT2D eigenvalue weighted by molar-refractivity contribution is -0.141. The molecule has 0 saturated carbocycles. The molecule has 1 aromatic heterocycles. The molecule has 1 aromatic rings. The molecule has 1 unspecified atom stereocenters. The van der Waals surface area contributed by atoms with Crippen molar-refractivity contribution < 1.29 is 15.0 Å². The lowest BCUT2D eigenvalue weighted by atomic mass is 10.1. The summed E-state index contributed by atoms with van der Waals surface area (Å²) in [5, 5.41) is 22.5. The first-order valence-electron chi connectivity index (χ1n) is 5.41. The summed E-state index contributed by atoms with van der Waals surface area (Å²) in [4.78, 5) is 11.1. The molecule has 5 nitrogen and oxygen atoms in total. The van der Waals surface area contributed by atoms with Crippen LogP contribution in [0, 0.1) is 13.8 Å².